The van der Waals surface area contributed by atoms with Crippen LogP contribution in [0.5, 0.6) is 0 Å². The number of benzene rings is 3. The van der Waals surface area contributed by atoms with Crippen molar-refractivity contribution in [3.05, 3.63) is 82.5 Å². The van der Waals surface area contributed by atoms with E-state index in [1.54, 1.807) is 6.07 Å². The van der Waals surface area contributed by atoms with E-state index in [-0.39, 0.29) is 16.8 Å². The summed E-state index contributed by atoms with van der Waals surface area (Å²) in [4.78, 5) is 12.5. The first kappa shape index (κ1) is 13.6. The molecule has 0 radical (unpaired) electrons. The molecule has 23 heavy (non-hydrogen) atoms. The van der Waals surface area contributed by atoms with Crippen molar-refractivity contribution in [2.24, 2.45) is 0 Å². The van der Waals surface area contributed by atoms with Gasteiger partial charge in [0.1, 0.15) is 23.0 Å². The molecular weight excluding hydrogens is 298 g/mol. The molecule has 112 valence electrons. The molecule has 0 atom stereocenters. The van der Waals surface area contributed by atoms with Crippen molar-refractivity contribution in [3.8, 4) is 11.3 Å². The molecule has 0 spiro atoms. The molecule has 0 N–H and O–H groups in total. The van der Waals surface area contributed by atoms with Crippen LogP contribution in [0, 0.1) is 11.6 Å². The van der Waals surface area contributed by atoms with Crippen molar-refractivity contribution in [2.75, 3.05) is 0 Å². The molecule has 1 aromatic heterocycles. The second-order valence-electron chi connectivity index (χ2n) is 5.26. The summed E-state index contributed by atoms with van der Waals surface area (Å²) < 4.78 is 32.7. The summed E-state index contributed by atoms with van der Waals surface area (Å²) >= 11 is 0. The maximum atomic E-state index is 13.9. The molecule has 0 unspecified atom stereocenters. The van der Waals surface area contributed by atoms with E-state index in [4.69, 9.17) is 4.42 Å². The quantitative estimate of drug-likeness (QED) is 0.469. The van der Waals surface area contributed by atoms with Gasteiger partial charge in [0.2, 0.25) is 0 Å². The fourth-order valence-corrected chi connectivity index (χ4v) is 2.75. The van der Waals surface area contributed by atoms with Gasteiger partial charge in [0, 0.05) is 12.1 Å². The molecule has 1 heterocycles. The summed E-state index contributed by atoms with van der Waals surface area (Å²) in [6, 6.07) is 15.4. The van der Waals surface area contributed by atoms with Crippen molar-refractivity contribution in [3.63, 3.8) is 0 Å². The molecule has 0 aliphatic rings. The second kappa shape index (κ2) is 5.02. The average Bonchev–Trinajstić information content (AvgIpc) is 2.54. The third-order valence-electron chi connectivity index (χ3n) is 3.82. The molecule has 0 fully saturated rings. The molecule has 3 aromatic carbocycles. The van der Waals surface area contributed by atoms with Gasteiger partial charge in [-0.05, 0) is 29.0 Å². The van der Waals surface area contributed by atoms with E-state index in [9.17, 15) is 13.6 Å². The molecular formula is C19H10F2O2. The summed E-state index contributed by atoms with van der Waals surface area (Å²) in [5.41, 5.74) is 0.162. The molecule has 4 rings (SSSR count). The van der Waals surface area contributed by atoms with Gasteiger partial charge in [-0.2, -0.15) is 0 Å². The minimum atomic E-state index is -0.770. The van der Waals surface area contributed by atoms with E-state index >= 15 is 0 Å². The third-order valence-corrected chi connectivity index (χ3v) is 3.82. The number of hydrogen-bond donors (Lipinski definition) is 0. The molecule has 0 aliphatic heterocycles. The first-order chi connectivity index (χ1) is 11.1. The summed E-state index contributed by atoms with van der Waals surface area (Å²) in [5.74, 6) is -1.37. The SMILES string of the molecule is O=c1cc(-c2ccc(F)cc2F)oc2ccc3ccccc3c12. The van der Waals surface area contributed by atoms with E-state index in [1.165, 1.54) is 12.1 Å². The van der Waals surface area contributed by atoms with Crippen molar-refractivity contribution < 1.29 is 13.2 Å². The number of halogens is 2. The molecule has 0 saturated heterocycles. The Labute approximate surface area is 129 Å². The van der Waals surface area contributed by atoms with Gasteiger partial charge in [-0.1, -0.05) is 30.3 Å². The van der Waals surface area contributed by atoms with Crippen molar-refractivity contribution in [1.29, 1.82) is 0 Å². The lowest BCUT2D eigenvalue weighted by molar-refractivity contribution is 0.572. The average molecular weight is 308 g/mol. The minimum Gasteiger partial charge on any atom is -0.456 e. The Morgan fingerprint density at radius 2 is 1.70 bits per heavy atom. The van der Waals surface area contributed by atoms with Crippen LogP contribution in [0.3, 0.4) is 0 Å². The van der Waals surface area contributed by atoms with Gasteiger partial charge in [-0.25, -0.2) is 8.78 Å². The summed E-state index contributed by atoms with van der Waals surface area (Å²) in [6.45, 7) is 0. The van der Waals surface area contributed by atoms with Gasteiger partial charge in [0.15, 0.2) is 5.43 Å². The fourth-order valence-electron chi connectivity index (χ4n) is 2.75. The topological polar surface area (TPSA) is 30.2 Å². The van der Waals surface area contributed by atoms with Gasteiger partial charge in [-0.3, -0.25) is 4.79 Å². The summed E-state index contributed by atoms with van der Waals surface area (Å²) in [7, 11) is 0. The molecule has 0 amide bonds. The van der Waals surface area contributed by atoms with Crippen LogP contribution < -0.4 is 5.43 Å². The van der Waals surface area contributed by atoms with Crippen LogP contribution in [-0.4, -0.2) is 0 Å². The highest BCUT2D eigenvalue weighted by Crippen LogP contribution is 2.28. The van der Waals surface area contributed by atoms with Crippen LogP contribution in [-0.2, 0) is 0 Å². The van der Waals surface area contributed by atoms with Crippen molar-refractivity contribution >= 4 is 21.7 Å². The van der Waals surface area contributed by atoms with E-state index in [0.717, 1.165) is 22.9 Å². The van der Waals surface area contributed by atoms with Gasteiger partial charge < -0.3 is 4.42 Å². The number of rotatable bonds is 1. The van der Waals surface area contributed by atoms with Crippen LogP contribution >= 0.6 is 0 Å². The van der Waals surface area contributed by atoms with E-state index in [2.05, 4.69) is 0 Å². The monoisotopic (exact) mass is 308 g/mol. The molecule has 4 heteroatoms. The lowest BCUT2D eigenvalue weighted by atomic mass is 10.0. The van der Waals surface area contributed by atoms with Gasteiger partial charge >= 0.3 is 0 Å². The standard InChI is InChI=1S/C19H10F2O2/c20-12-6-7-14(15(21)9-12)18-10-16(22)19-13-4-2-1-3-11(13)5-8-17(19)23-18/h1-10H. The highest BCUT2D eigenvalue weighted by molar-refractivity contribution is 6.05. The Hall–Kier alpha value is -3.01. The van der Waals surface area contributed by atoms with Crippen molar-refractivity contribution in [2.45, 2.75) is 0 Å². The Kier molecular flexibility index (Phi) is 2.98. The highest BCUT2D eigenvalue weighted by atomic mass is 19.1. The third kappa shape index (κ3) is 2.19. The van der Waals surface area contributed by atoms with Crippen LogP contribution in [0.2, 0.25) is 0 Å². The van der Waals surface area contributed by atoms with Gasteiger partial charge in [0.05, 0.1) is 10.9 Å². The zero-order chi connectivity index (χ0) is 16.0. The molecule has 0 bridgehead atoms. The molecule has 2 nitrogen and oxygen atoms in total. The van der Waals surface area contributed by atoms with Crippen LogP contribution in [0.25, 0.3) is 33.1 Å². The van der Waals surface area contributed by atoms with Crippen LogP contribution in [0.4, 0.5) is 8.78 Å². The number of fused-ring (bicyclic) bond motifs is 3. The first-order valence-corrected chi connectivity index (χ1v) is 7.04. The first-order valence-electron chi connectivity index (χ1n) is 7.04. The van der Waals surface area contributed by atoms with Crippen LogP contribution in [0.1, 0.15) is 0 Å². The maximum Gasteiger partial charge on any atom is 0.193 e. The predicted molar refractivity (Wildman–Crippen MR) is 85.3 cm³/mol. The molecule has 4 aromatic rings. The summed E-state index contributed by atoms with van der Waals surface area (Å²) in [5, 5.41) is 2.16. The second-order valence-corrected chi connectivity index (χ2v) is 5.26. The smallest absolute Gasteiger partial charge is 0.193 e. The fraction of sp³-hybridized carbons (Fsp3) is 0. The zero-order valence-electron chi connectivity index (χ0n) is 11.8. The van der Waals surface area contributed by atoms with E-state index in [0.29, 0.717) is 11.0 Å². The molecule has 0 aliphatic carbocycles. The lowest BCUT2D eigenvalue weighted by Gasteiger charge is -2.06. The van der Waals surface area contributed by atoms with E-state index in [1.807, 2.05) is 30.3 Å². The number of hydrogen-bond acceptors (Lipinski definition) is 2. The Morgan fingerprint density at radius 1 is 0.870 bits per heavy atom. The maximum absolute atomic E-state index is 13.9. The Bertz CT molecular complexity index is 1110. The lowest BCUT2D eigenvalue weighted by Crippen LogP contribution is -2.01. The Balaban J connectivity index is 2.05. The normalized spacial score (nSPS) is 11.2. The largest absolute Gasteiger partial charge is 0.456 e. The predicted octanol–water partition coefficient (Wildman–Crippen LogP) is 4.89. The van der Waals surface area contributed by atoms with E-state index < -0.39 is 11.6 Å². The zero-order valence-corrected chi connectivity index (χ0v) is 11.8. The van der Waals surface area contributed by atoms with Crippen molar-refractivity contribution in [1.82, 2.24) is 0 Å². The Morgan fingerprint density at radius 3 is 2.52 bits per heavy atom. The highest BCUT2D eigenvalue weighted by Gasteiger charge is 2.13. The minimum absolute atomic E-state index is 0.0542. The van der Waals surface area contributed by atoms with Gasteiger partial charge in [-0.15, -0.1) is 0 Å². The van der Waals surface area contributed by atoms with Crippen LogP contribution in [0.15, 0.2) is 69.9 Å². The summed E-state index contributed by atoms with van der Waals surface area (Å²) in [6.07, 6.45) is 0. The van der Waals surface area contributed by atoms with Gasteiger partial charge in [0.25, 0.3) is 0 Å². The molecule has 0 saturated carbocycles.